The van der Waals surface area contributed by atoms with E-state index in [0.717, 1.165) is 42.9 Å². The summed E-state index contributed by atoms with van der Waals surface area (Å²) in [4.78, 5) is 12.7. The molecule has 1 fully saturated rings. The first kappa shape index (κ1) is 19.5. The van der Waals surface area contributed by atoms with Gasteiger partial charge in [0.15, 0.2) is 0 Å². The highest BCUT2D eigenvalue weighted by Gasteiger charge is 2.22. The fourth-order valence-corrected chi connectivity index (χ4v) is 3.72. The van der Waals surface area contributed by atoms with Crippen molar-refractivity contribution >= 4 is 18.3 Å². The van der Waals surface area contributed by atoms with Gasteiger partial charge in [-0.25, -0.2) is 0 Å². The monoisotopic (exact) mass is 361 g/mol. The molecule has 136 valence electrons. The molecule has 1 aromatic heterocycles. The molecule has 5 heteroatoms. The maximum Gasteiger partial charge on any atom is 0.253 e. The summed E-state index contributed by atoms with van der Waals surface area (Å²) in [7, 11) is 0. The number of nitrogens with one attached hydrogen (secondary N) is 2. The van der Waals surface area contributed by atoms with Crippen molar-refractivity contribution in [3.8, 4) is 0 Å². The van der Waals surface area contributed by atoms with E-state index in [0.29, 0.717) is 0 Å². The van der Waals surface area contributed by atoms with Crippen LogP contribution < -0.4 is 10.6 Å². The number of halogens is 1. The number of aromatic nitrogens is 1. The zero-order valence-corrected chi connectivity index (χ0v) is 16.0. The first-order valence-electron chi connectivity index (χ1n) is 8.83. The van der Waals surface area contributed by atoms with Crippen LogP contribution >= 0.6 is 12.4 Å². The number of nitrogens with zero attached hydrogens (tertiary/aromatic N) is 1. The molecule has 1 saturated heterocycles. The first-order valence-corrected chi connectivity index (χ1v) is 8.83. The van der Waals surface area contributed by atoms with E-state index in [2.05, 4.69) is 53.3 Å². The third-order valence-corrected chi connectivity index (χ3v) is 5.03. The Balaban J connectivity index is 0.00000225. The summed E-state index contributed by atoms with van der Waals surface area (Å²) < 4.78 is 2.25. The quantitative estimate of drug-likeness (QED) is 0.873. The Labute approximate surface area is 156 Å². The second-order valence-corrected chi connectivity index (χ2v) is 6.76. The first-order chi connectivity index (χ1) is 11.6. The molecule has 2 N–H and O–H groups in total. The van der Waals surface area contributed by atoms with Gasteiger partial charge in [-0.15, -0.1) is 12.4 Å². The molecule has 4 nitrogen and oxygen atoms in total. The van der Waals surface area contributed by atoms with Gasteiger partial charge in [0.05, 0.1) is 11.6 Å². The molecule has 1 aliphatic rings. The molecule has 0 saturated carbocycles. The summed E-state index contributed by atoms with van der Waals surface area (Å²) >= 11 is 0. The summed E-state index contributed by atoms with van der Waals surface area (Å²) in [6, 6.07) is 12.9. The van der Waals surface area contributed by atoms with Crippen LogP contribution in [-0.2, 0) is 0 Å². The van der Waals surface area contributed by atoms with Crippen LogP contribution in [0.5, 0.6) is 0 Å². The van der Waals surface area contributed by atoms with E-state index in [1.165, 1.54) is 5.56 Å². The average molecular weight is 362 g/mol. The van der Waals surface area contributed by atoms with E-state index in [9.17, 15) is 4.79 Å². The van der Waals surface area contributed by atoms with E-state index in [1.807, 2.05) is 19.1 Å². The van der Waals surface area contributed by atoms with Crippen LogP contribution in [0, 0.1) is 13.8 Å². The topological polar surface area (TPSA) is 46.1 Å². The minimum Gasteiger partial charge on any atom is -0.348 e. The Kier molecular flexibility index (Phi) is 6.68. The van der Waals surface area contributed by atoms with Crippen LogP contribution in [0.1, 0.15) is 53.1 Å². The SMILES string of the molecule is Cc1cc(C(=O)N[C@H]2CCCNC2)c(C)n1C(C)c1ccccc1.Cl. The number of piperidine rings is 1. The number of hydrogen-bond donors (Lipinski definition) is 2. The van der Waals surface area contributed by atoms with Crippen molar-refractivity contribution in [2.75, 3.05) is 13.1 Å². The number of benzene rings is 1. The van der Waals surface area contributed by atoms with Gasteiger partial charge in [0.1, 0.15) is 0 Å². The molecule has 3 rings (SSSR count). The average Bonchev–Trinajstić information content (AvgIpc) is 2.90. The smallest absolute Gasteiger partial charge is 0.253 e. The van der Waals surface area contributed by atoms with Crippen LogP contribution in [-0.4, -0.2) is 29.6 Å². The van der Waals surface area contributed by atoms with E-state index in [-0.39, 0.29) is 30.4 Å². The van der Waals surface area contributed by atoms with Crippen molar-refractivity contribution in [2.24, 2.45) is 0 Å². The van der Waals surface area contributed by atoms with E-state index in [1.54, 1.807) is 0 Å². The summed E-state index contributed by atoms with van der Waals surface area (Å²) in [5.74, 6) is 0.0447. The minimum absolute atomic E-state index is 0. The van der Waals surface area contributed by atoms with Crippen LogP contribution in [0.25, 0.3) is 0 Å². The van der Waals surface area contributed by atoms with Crippen molar-refractivity contribution in [1.29, 1.82) is 0 Å². The van der Waals surface area contributed by atoms with Gasteiger partial charge in [-0.05, 0) is 51.8 Å². The van der Waals surface area contributed by atoms with Gasteiger partial charge in [-0.1, -0.05) is 30.3 Å². The molecule has 2 heterocycles. The maximum absolute atomic E-state index is 12.7. The third-order valence-electron chi connectivity index (χ3n) is 5.03. The molecule has 0 aliphatic carbocycles. The van der Waals surface area contributed by atoms with E-state index < -0.39 is 0 Å². The normalized spacial score (nSPS) is 18.3. The highest BCUT2D eigenvalue weighted by Crippen LogP contribution is 2.25. The molecule has 25 heavy (non-hydrogen) atoms. The number of carbonyl (C=O) groups excluding carboxylic acids is 1. The number of aryl methyl sites for hydroxylation is 1. The molecule has 1 aromatic carbocycles. The van der Waals surface area contributed by atoms with E-state index >= 15 is 0 Å². The zero-order chi connectivity index (χ0) is 17.1. The van der Waals surface area contributed by atoms with E-state index in [4.69, 9.17) is 0 Å². The molecular weight excluding hydrogens is 334 g/mol. The van der Waals surface area contributed by atoms with Gasteiger partial charge in [0.2, 0.25) is 0 Å². The predicted molar refractivity (Wildman–Crippen MR) is 105 cm³/mol. The molecule has 0 spiro atoms. The Morgan fingerprint density at radius 1 is 1.28 bits per heavy atom. The van der Waals surface area contributed by atoms with Gasteiger partial charge < -0.3 is 15.2 Å². The van der Waals surface area contributed by atoms with Crippen LogP contribution in [0.3, 0.4) is 0 Å². The highest BCUT2D eigenvalue weighted by atomic mass is 35.5. The van der Waals surface area contributed by atoms with Gasteiger partial charge in [-0.2, -0.15) is 0 Å². The number of carbonyl (C=O) groups is 1. The van der Waals surface area contributed by atoms with Gasteiger partial charge in [0.25, 0.3) is 5.91 Å². The van der Waals surface area contributed by atoms with Gasteiger partial charge >= 0.3 is 0 Å². The second kappa shape index (κ2) is 8.54. The van der Waals surface area contributed by atoms with Crippen LogP contribution in [0.15, 0.2) is 36.4 Å². The number of amides is 1. The van der Waals surface area contributed by atoms with Crippen LogP contribution in [0.4, 0.5) is 0 Å². The van der Waals surface area contributed by atoms with Crippen molar-refractivity contribution in [2.45, 2.75) is 45.7 Å². The fourth-order valence-electron chi connectivity index (χ4n) is 3.72. The Morgan fingerprint density at radius 2 is 2.00 bits per heavy atom. The van der Waals surface area contributed by atoms with Crippen LogP contribution in [0.2, 0.25) is 0 Å². The molecule has 2 atom stereocenters. The lowest BCUT2D eigenvalue weighted by Gasteiger charge is -2.24. The zero-order valence-electron chi connectivity index (χ0n) is 15.2. The molecule has 1 aliphatic heterocycles. The second-order valence-electron chi connectivity index (χ2n) is 6.76. The molecule has 1 unspecified atom stereocenters. The minimum atomic E-state index is 0. The summed E-state index contributed by atoms with van der Waals surface area (Å²) in [5.41, 5.74) is 4.20. The predicted octanol–water partition coefficient (Wildman–Crippen LogP) is 3.62. The largest absolute Gasteiger partial charge is 0.348 e. The van der Waals surface area contributed by atoms with Gasteiger partial charge in [0, 0.05) is 24.0 Å². The van der Waals surface area contributed by atoms with Crippen molar-refractivity contribution in [3.05, 3.63) is 58.9 Å². The molecule has 1 amide bonds. The van der Waals surface area contributed by atoms with Crippen molar-refractivity contribution in [1.82, 2.24) is 15.2 Å². The Morgan fingerprint density at radius 3 is 2.64 bits per heavy atom. The van der Waals surface area contributed by atoms with Crippen molar-refractivity contribution < 1.29 is 4.79 Å². The third kappa shape index (κ3) is 4.25. The summed E-state index contributed by atoms with van der Waals surface area (Å²) in [6.07, 6.45) is 2.17. The molecule has 2 aromatic rings. The summed E-state index contributed by atoms with van der Waals surface area (Å²) in [5, 5.41) is 6.52. The van der Waals surface area contributed by atoms with Crippen molar-refractivity contribution in [3.63, 3.8) is 0 Å². The Bertz CT molecular complexity index is 705. The standard InChI is InChI=1S/C20H27N3O.ClH/c1-14-12-19(20(24)22-18-10-7-11-21-13-18)16(3)23(14)15(2)17-8-5-4-6-9-17;/h4-6,8-9,12,15,18,21H,7,10-11,13H2,1-3H3,(H,22,24);1H/t15?,18-;/m0./s1. The molecule has 0 radical (unpaired) electrons. The number of hydrogen-bond acceptors (Lipinski definition) is 2. The highest BCUT2D eigenvalue weighted by molar-refractivity contribution is 5.96. The Hall–Kier alpha value is -1.78. The van der Waals surface area contributed by atoms with Gasteiger partial charge in [-0.3, -0.25) is 4.79 Å². The number of rotatable bonds is 4. The lowest BCUT2D eigenvalue weighted by atomic mass is 10.1. The lowest BCUT2D eigenvalue weighted by molar-refractivity contribution is 0.0930. The lowest BCUT2D eigenvalue weighted by Crippen LogP contribution is -2.45. The fraction of sp³-hybridized carbons (Fsp3) is 0.450. The maximum atomic E-state index is 12.7. The summed E-state index contributed by atoms with van der Waals surface area (Å²) in [6.45, 7) is 8.22. The molecular formula is C20H28ClN3O. The molecule has 0 bridgehead atoms.